The third kappa shape index (κ3) is 3.27. The lowest BCUT2D eigenvalue weighted by Crippen LogP contribution is -2.47. The number of aromatic nitrogens is 1. The first-order chi connectivity index (χ1) is 8.89. The molecule has 0 aliphatic carbocycles. The summed E-state index contributed by atoms with van der Waals surface area (Å²) in [6.07, 6.45) is 2.75. The Balaban J connectivity index is 2.30. The lowest BCUT2D eigenvalue weighted by Gasteiger charge is -2.34. The number of nitrogens with zero attached hydrogens (tertiary/aromatic N) is 2. The van der Waals surface area contributed by atoms with Crippen molar-refractivity contribution in [2.24, 2.45) is 0 Å². The van der Waals surface area contributed by atoms with Crippen LogP contribution in [0.1, 0.15) is 17.3 Å². The van der Waals surface area contributed by atoms with Gasteiger partial charge < -0.3 is 4.90 Å². The van der Waals surface area contributed by atoms with Gasteiger partial charge in [-0.25, -0.2) is 13.4 Å². The van der Waals surface area contributed by atoms with Crippen LogP contribution < -0.4 is 4.90 Å². The van der Waals surface area contributed by atoms with Crippen molar-refractivity contribution in [1.29, 1.82) is 0 Å². The Bertz CT molecular complexity index is 569. The zero-order valence-electron chi connectivity index (χ0n) is 10.9. The molecule has 1 atom stereocenters. The number of pyridine rings is 1. The Morgan fingerprint density at radius 2 is 2.21 bits per heavy atom. The monoisotopic (exact) mass is 300 g/mol. The summed E-state index contributed by atoms with van der Waals surface area (Å²) in [4.78, 5) is 17.2. The quantitative estimate of drug-likeness (QED) is 0.782. The number of thioether (sulfide) groups is 1. The van der Waals surface area contributed by atoms with Gasteiger partial charge in [0.1, 0.15) is 11.2 Å². The molecule has 2 rings (SSSR count). The number of Topliss-reactive ketones (excluding diaryl/α,β-unsaturated/α-hetero) is 1. The molecule has 5 nitrogen and oxygen atoms in total. The molecule has 0 amide bonds. The first-order valence-corrected chi connectivity index (χ1v) is 9.01. The minimum absolute atomic E-state index is 0.0482. The molecule has 2 heterocycles. The molecule has 1 saturated heterocycles. The van der Waals surface area contributed by atoms with Crippen LogP contribution in [0, 0.1) is 0 Å². The second kappa shape index (κ2) is 5.50. The molecule has 1 aliphatic heterocycles. The third-order valence-corrected chi connectivity index (χ3v) is 5.67. The molecule has 0 bridgehead atoms. The summed E-state index contributed by atoms with van der Waals surface area (Å²) in [7, 11) is -3.15. The predicted molar refractivity (Wildman–Crippen MR) is 77.5 cm³/mol. The van der Waals surface area contributed by atoms with Crippen LogP contribution in [0.5, 0.6) is 0 Å². The Kier molecular flexibility index (Phi) is 4.15. The highest BCUT2D eigenvalue weighted by Crippen LogP contribution is 2.25. The second-order valence-corrected chi connectivity index (χ2v) is 7.87. The first kappa shape index (κ1) is 14.3. The van der Waals surface area contributed by atoms with E-state index in [0.29, 0.717) is 23.7 Å². The van der Waals surface area contributed by atoms with E-state index in [9.17, 15) is 13.2 Å². The number of rotatable bonds is 3. The molecule has 1 unspecified atom stereocenters. The van der Waals surface area contributed by atoms with Crippen LogP contribution in [0.4, 0.5) is 5.82 Å². The van der Waals surface area contributed by atoms with E-state index in [2.05, 4.69) is 4.98 Å². The van der Waals surface area contributed by atoms with E-state index in [1.165, 1.54) is 19.4 Å². The van der Waals surface area contributed by atoms with Gasteiger partial charge in [0.05, 0.1) is 0 Å². The van der Waals surface area contributed by atoms with Crippen LogP contribution in [-0.4, -0.2) is 48.9 Å². The fraction of sp³-hybridized carbons (Fsp3) is 0.500. The topological polar surface area (TPSA) is 67.3 Å². The number of hydrogen-bond acceptors (Lipinski definition) is 6. The van der Waals surface area contributed by atoms with Gasteiger partial charge in [0.25, 0.3) is 0 Å². The summed E-state index contributed by atoms with van der Waals surface area (Å²) in [6.45, 7) is 2.13. The van der Waals surface area contributed by atoms with Crippen molar-refractivity contribution >= 4 is 33.2 Å². The molecule has 1 aromatic rings. The summed E-state index contributed by atoms with van der Waals surface area (Å²) in [5.41, 5.74) is 0.533. The minimum Gasteiger partial charge on any atom is -0.338 e. The Labute approximate surface area is 117 Å². The van der Waals surface area contributed by atoms with E-state index in [1.807, 2.05) is 0 Å². The summed E-state index contributed by atoms with van der Waals surface area (Å²) in [5.74, 6) is 1.99. The van der Waals surface area contributed by atoms with Crippen molar-refractivity contribution in [2.45, 2.75) is 12.3 Å². The lowest BCUT2D eigenvalue weighted by molar-refractivity contribution is 0.101. The Hall–Kier alpha value is -1.08. The van der Waals surface area contributed by atoms with Crippen molar-refractivity contribution in [1.82, 2.24) is 4.98 Å². The van der Waals surface area contributed by atoms with Gasteiger partial charge in [0, 0.05) is 36.1 Å². The van der Waals surface area contributed by atoms with Crippen LogP contribution in [0.2, 0.25) is 0 Å². The van der Waals surface area contributed by atoms with E-state index in [4.69, 9.17) is 0 Å². The van der Waals surface area contributed by atoms with Crippen molar-refractivity contribution in [3.05, 3.63) is 23.9 Å². The van der Waals surface area contributed by atoms with Crippen LogP contribution in [0.25, 0.3) is 0 Å². The third-order valence-electron chi connectivity index (χ3n) is 3.03. The number of hydrogen-bond donors (Lipinski definition) is 0. The number of anilines is 1. The standard InChI is InChI=1S/C12H16N2O3S2/c1-9(15)10-3-4-11(13-7-10)14-5-6-18-8-12(14)19(2,16)17/h3-4,7,12H,5-6,8H2,1-2H3. The average molecular weight is 300 g/mol. The van der Waals surface area contributed by atoms with E-state index in [0.717, 1.165) is 5.75 Å². The zero-order valence-corrected chi connectivity index (χ0v) is 12.5. The van der Waals surface area contributed by atoms with Gasteiger partial charge in [-0.05, 0) is 19.1 Å². The molecule has 0 aromatic carbocycles. The lowest BCUT2D eigenvalue weighted by atomic mass is 10.2. The van der Waals surface area contributed by atoms with E-state index in [1.54, 1.807) is 28.8 Å². The predicted octanol–water partition coefficient (Wildman–Crippen LogP) is 1.21. The van der Waals surface area contributed by atoms with Gasteiger partial charge in [-0.15, -0.1) is 0 Å². The second-order valence-electron chi connectivity index (χ2n) is 4.51. The Morgan fingerprint density at radius 3 is 2.74 bits per heavy atom. The molecule has 1 fully saturated rings. The molecule has 0 radical (unpaired) electrons. The molecule has 0 N–H and O–H groups in total. The van der Waals surface area contributed by atoms with Gasteiger partial charge in [-0.1, -0.05) is 0 Å². The van der Waals surface area contributed by atoms with Crippen LogP contribution >= 0.6 is 11.8 Å². The SMILES string of the molecule is CC(=O)c1ccc(N2CCSCC2S(C)(=O)=O)nc1. The maximum absolute atomic E-state index is 11.8. The number of carbonyl (C=O) groups is 1. The highest BCUT2D eigenvalue weighted by Gasteiger charge is 2.31. The average Bonchev–Trinajstić information content (AvgIpc) is 2.38. The smallest absolute Gasteiger partial charge is 0.169 e. The van der Waals surface area contributed by atoms with Gasteiger partial charge in [-0.3, -0.25) is 4.79 Å². The van der Waals surface area contributed by atoms with Crippen molar-refractivity contribution in [3.8, 4) is 0 Å². The van der Waals surface area contributed by atoms with Gasteiger partial charge >= 0.3 is 0 Å². The number of carbonyl (C=O) groups excluding carboxylic acids is 1. The van der Waals surface area contributed by atoms with E-state index in [-0.39, 0.29) is 5.78 Å². The first-order valence-electron chi connectivity index (χ1n) is 5.90. The van der Waals surface area contributed by atoms with Crippen molar-refractivity contribution in [2.75, 3.05) is 29.2 Å². The fourth-order valence-electron chi connectivity index (χ4n) is 1.96. The van der Waals surface area contributed by atoms with Crippen molar-refractivity contribution in [3.63, 3.8) is 0 Å². The number of ketones is 1. The largest absolute Gasteiger partial charge is 0.338 e. The summed E-state index contributed by atoms with van der Waals surface area (Å²) >= 11 is 1.63. The van der Waals surface area contributed by atoms with Gasteiger partial charge in [0.2, 0.25) is 0 Å². The molecule has 1 aliphatic rings. The number of sulfone groups is 1. The molecular formula is C12H16N2O3S2. The molecule has 104 valence electrons. The Morgan fingerprint density at radius 1 is 1.47 bits per heavy atom. The minimum atomic E-state index is -3.15. The maximum Gasteiger partial charge on any atom is 0.169 e. The maximum atomic E-state index is 11.8. The van der Waals surface area contributed by atoms with Crippen LogP contribution in [-0.2, 0) is 9.84 Å². The summed E-state index contributed by atoms with van der Waals surface area (Å²) in [5, 5.41) is -0.540. The highest BCUT2D eigenvalue weighted by atomic mass is 32.2. The van der Waals surface area contributed by atoms with E-state index < -0.39 is 15.2 Å². The molecule has 0 spiro atoms. The summed E-state index contributed by atoms with van der Waals surface area (Å²) in [6, 6.07) is 3.40. The van der Waals surface area contributed by atoms with Crippen LogP contribution in [0.3, 0.4) is 0 Å². The highest BCUT2D eigenvalue weighted by molar-refractivity contribution is 8.01. The van der Waals surface area contributed by atoms with E-state index >= 15 is 0 Å². The molecule has 0 saturated carbocycles. The molecular weight excluding hydrogens is 284 g/mol. The van der Waals surface area contributed by atoms with Gasteiger partial charge in [-0.2, -0.15) is 11.8 Å². The van der Waals surface area contributed by atoms with Crippen LogP contribution in [0.15, 0.2) is 18.3 Å². The van der Waals surface area contributed by atoms with Gasteiger partial charge in [0.15, 0.2) is 15.6 Å². The normalized spacial score (nSPS) is 20.3. The van der Waals surface area contributed by atoms with Crippen molar-refractivity contribution < 1.29 is 13.2 Å². The fourth-order valence-corrected chi connectivity index (χ4v) is 4.79. The molecule has 19 heavy (non-hydrogen) atoms. The molecule has 1 aromatic heterocycles. The zero-order chi connectivity index (χ0) is 14.0. The molecule has 7 heteroatoms. The summed E-state index contributed by atoms with van der Waals surface area (Å²) < 4.78 is 23.6.